The van der Waals surface area contributed by atoms with Crippen molar-refractivity contribution in [3.8, 4) is 0 Å². The molecule has 0 saturated heterocycles. The van der Waals surface area contributed by atoms with Crippen LogP contribution in [0.15, 0.2) is 0 Å². The van der Waals surface area contributed by atoms with Crippen LogP contribution in [-0.2, 0) is 35.4 Å². The van der Waals surface area contributed by atoms with Gasteiger partial charge in [-0.05, 0) is 6.42 Å². The van der Waals surface area contributed by atoms with E-state index in [0.717, 1.165) is 29.1 Å². The first-order valence-electron chi connectivity index (χ1n) is 6.41. The monoisotopic (exact) mass is 299 g/mol. The van der Waals surface area contributed by atoms with Gasteiger partial charge in [0, 0.05) is 13.6 Å². The number of rotatable bonds is 7. The molecule has 0 bridgehead atoms. The van der Waals surface area contributed by atoms with Gasteiger partial charge in [-0.1, -0.05) is 6.92 Å². The quantitative estimate of drug-likeness (QED) is 0.598. The average molecular weight is 300 g/mol. The Labute approximate surface area is 121 Å². The lowest BCUT2D eigenvalue weighted by atomic mass is 10.3. The van der Waals surface area contributed by atoms with Crippen molar-refractivity contribution in [3.63, 3.8) is 0 Å². The smallest absolute Gasteiger partial charge is 0.243 e. The fraction of sp³-hybridized carbons (Fsp3) is 0.583. The zero-order valence-electron chi connectivity index (χ0n) is 11.6. The van der Waals surface area contributed by atoms with Gasteiger partial charge in [0.05, 0.1) is 18.2 Å². The van der Waals surface area contributed by atoms with E-state index in [-0.39, 0.29) is 6.61 Å². The SMILES string of the molecule is CCc1nn(C)c2c1nc(CCl)n2CCOCC(N)=O. The van der Waals surface area contributed by atoms with Gasteiger partial charge in [-0.25, -0.2) is 4.98 Å². The highest BCUT2D eigenvalue weighted by Crippen LogP contribution is 2.20. The van der Waals surface area contributed by atoms with E-state index in [2.05, 4.69) is 10.1 Å². The number of primary amides is 1. The molecule has 7 nitrogen and oxygen atoms in total. The molecule has 0 aromatic carbocycles. The van der Waals surface area contributed by atoms with Crippen LogP contribution in [0.1, 0.15) is 18.4 Å². The van der Waals surface area contributed by atoms with Crippen LogP contribution in [0, 0.1) is 0 Å². The van der Waals surface area contributed by atoms with Gasteiger partial charge in [0.2, 0.25) is 5.91 Å². The Morgan fingerprint density at radius 1 is 1.50 bits per heavy atom. The fourth-order valence-corrected chi connectivity index (χ4v) is 2.39. The average Bonchev–Trinajstić information content (AvgIpc) is 2.92. The van der Waals surface area contributed by atoms with E-state index in [4.69, 9.17) is 22.1 Å². The van der Waals surface area contributed by atoms with Crippen molar-refractivity contribution in [3.05, 3.63) is 11.5 Å². The molecule has 2 heterocycles. The standard InChI is InChI=1S/C12H18ClN5O2/c1-3-8-11-12(17(2)16-8)18(10(6-13)15-11)4-5-20-7-9(14)19/h3-7H2,1-2H3,(H2,14,19). The van der Waals surface area contributed by atoms with Crippen LogP contribution in [0.4, 0.5) is 0 Å². The van der Waals surface area contributed by atoms with E-state index in [1.165, 1.54) is 0 Å². The minimum Gasteiger partial charge on any atom is -0.370 e. The van der Waals surface area contributed by atoms with Crippen LogP contribution in [0.3, 0.4) is 0 Å². The molecule has 20 heavy (non-hydrogen) atoms. The predicted octanol–water partition coefficient (Wildman–Crippen LogP) is 0.573. The summed E-state index contributed by atoms with van der Waals surface area (Å²) in [6, 6.07) is 0. The number of nitrogens with two attached hydrogens (primary N) is 1. The van der Waals surface area contributed by atoms with Crippen molar-refractivity contribution < 1.29 is 9.53 Å². The molecule has 0 aliphatic rings. The van der Waals surface area contributed by atoms with Gasteiger partial charge < -0.3 is 15.0 Å². The highest BCUT2D eigenvalue weighted by atomic mass is 35.5. The van der Waals surface area contributed by atoms with Crippen LogP contribution in [-0.4, -0.2) is 38.5 Å². The zero-order chi connectivity index (χ0) is 14.7. The van der Waals surface area contributed by atoms with Gasteiger partial charge in [0.25, 0.3) is 0 Å². The number of fused-ring (bicyclic) bond motifs is 1. The van der Waals surface area contributed by atoms with Gasteiger partial charge in [-0.15, -0.1) is 11.6 Å². The Balaban J connectivity index is 2.26. The van der Waals surface area contributed by atoms with Crippen LogP contribution >= 0.6 is 11.6 Å². The van der Waals surface area contributed by atoms with Crippen molar-refractivity contribution in [1.29, 1.82) is 0 Å². The number of imidazole rings is 1. The van der Waals surface area contributed by atoms with E-state index >= 15 is 0 Å². The molecule has 2 rings (SSSR count). The molecule has 0 saturated carbocycles. The number of hydrogen-bond donors (Lipinski definition) is 1. The first-order chi connectivity index (χ1) is 9.58. The Morgan fingerprint density at radius 3 is 2.85 bits per heavy atom. The number of aromatic nitrogens is 4. The fourth-order valence-electron chi connectivity index (χ4n) is 2.19. The topological polar surface area (TPSA) is 88.0 Å². The van der Waals surface area contributed by atoms with Gasteiger partial charge >= 0.3 is 0 Å². The molecule has 0 aliphatic heterocycles. The van der Waals surface area contributed by atoms with Crippen molar-refractivity contribution in [2.75, 3.05) is 13.2 Å². The van der Waals surface area contributed by atoms with E-state index in [9.17, 15) is 4.79 Å². The molecule has 0 radical (unpaired) electrons. The molecule has 8 heteroatoms. The Bertz CT molecular complexity index is 619. The largest absolute Gasteiger partial charge is 0.370 e. The second-order valence-corrected chi connectivity index (χ2v) is 4.70. The van der Waals surface area contributed by atoms with Crippen LogP contribution in [0.25, 0.3) is 11.2 Å². The van der Waals surface area contributed by atoms with Crippen molar-refractivity contribution in [2.45, 2.75) is 25.8 Å². The summed E-state index contributed by atoms with van der Waals surface area (Å²) in [7, 11) is 1.88. The number of nitrogens with zero attached hydrogens (tertiary/aromatic N) is 4. The summed E-state index contributed by atoms with van der Waals surface area (Å²) >= 11 is 5.94. The van der Waals surface area contributed by atoms with Crippen LogP contribution in [0.5, 0.6) is 0 Å². The third-order valence-electron chi connectivity index (χ3n) is 3.03. The molecule has 2 aromatic rings. The third-order valence-corrected chi connectivity index (χ3v) is 3.27. The maximum atomic E-state index is 10.6. The van der Waals surface area contributed by atoms with E-state index in [1.807, 2.05) is 18.5 Å². The van der Waals surface area contributed by atoms with Crippen molar-refractivity contribution in [1.82, 2.24) is 19.3 Å². The second kappa shape index (κ2) is 6.23. The van der Waals surface area contributed by atoms with Gasteiger partial charge in [0.1, 0.15) is 17.9 Å². The molecule has 0 spiro atoms. The minimum absolute atomic E-state index is 0.0837. The highest BCUT2D eigenvalue weighted by molar-refractivity contribution is 6.16. The molecule has 0 unspecified atom stereocenters. The minimum atomic E-state index is -0.479. The second-order valence-electron chi connectivity index (χ2n) is 4.43. The number of halogens is 1. The summed E-state index contributed by atoms with van der Waals surface area (Å²) in [4.78, 5) is 15.2. The Kier molecular flexibility index (Phi) is 4.61. The molecule has 0 atom stereocenters. The molecule has 110 valence electrons. The Hall–Kier alpha value is -1.60. The number of carbonyl (C=O) groups excluding carboxylic acids is 1. The summed E-state index contributed by atoms with van der Waals surface area (Å²) < 4.78 is 8.96. The van der Waals surface area contributed by atoms with Crippen molar-refractivity contribution >= 4 is 28.7 Å². The number of hydrogen-bond acceptors (Lipinski definition) is 4. The number of aryl methyl sites for hydroxylation is 2. The van der Waals surface area contributed by atoms with E-state index in [0.29, 0.717) is 19.0 Å². The maximum absolute atomic E-state index is 10.6. The molecular formula is C12H18ClN5O2. The van der Waals surface area contributed by atoms with E-state index < -0.39 is 5.91 Å². The number of ether oxygens (including phenoxy) is 1. The van der Waals surface area contributed by atoms with Gasteiger partial charge in [-0.3, -0.25) is 9.48 Å². The normalized spacial score (nSPS) is 11.3. The summed E-state index contributed by atoms with van der Waals surface area (Å²) in [5.74, 6) is 0.604. The summed E-state index contributed by atoms with van der Waals surface area (Å²) in [5, 5.41) is 4.44. The molecule has 0 fully saturated rings. The summed E-state index contributed by atoms with van der Waals surface area (Å²) in [6.45, 7) is 2.87. The molecule has 0 aliphatic carbocycles. The first kappa shape index (κ1) is 14.8. The third kappa shape index (κ3) is 2.78. The molecule has 1 amide bonds. The maximum Gasteiger partial charge on any atom is 0.243 e. The zero-order valence-corrected chi connectivity index (χ0v) is 12.4. The van der Waals surface area contributed by atoms with Crippen LogP contribution in [0.2, 0.25) is 0 Å². The molecular weight excluding hydrogens is 282 g/mol. The molecule has 2 aromatic heterocycles. The van der Waals surface area contributed by atoms with Gasteiger partial charge in [-0.2, -0.15) is 5.10 Å². The lowest BCUT2D eigenvalue weighted by molar-refractivity contribution is -0.122. The predicted molar refractivity (Wildman–Crippen MR) is 75.4 cm³/mol. The van der Waals surface area contributed by atoms with Crippen molar-refractivity contribution in [2.24, 2.45) is 12.8 Å². The number of amides is 1. The van der Waals surface area contributed by atoms with Crippen LogP contribution < -0.4 is 5.73 Å². The van der Waals surface area contributed by atoms with E-state index in [1.54, 1.807) is 4.68 Å². The van der Waals surface area contributed by atoms with Gasteiger partial charge in [0.15, 0.2) is 5.65 Å². The number of alkyl halides is 1. The molecule has 2 N–H and O–H groups in total. The first-order valence-corrected chi connectivity index (χ1v) is 6.94. The summed E-state index contributed by atoms with van der Waals surface area (Å²) in [5.41, 5.74) is 7.77. The summed E-state index contributed by atoms with van der Waals surface area (Å²) in [6.07, 6.45) is 0.814. The lowest BCUT2D eigenvalue weighted by Crippen LogP contribution is -2.20. The Morgan fingerprint density at radius 2 is 2.25 bits per heavy atom. The number of carbonyl (C=O) groups is 1. The highest BCUT2D eigenvalue weighted by Gasteiger charge is 2.17. The lowest BCUT2D eigenvalue weighted by Gasteiger charge is -2.08.